The molecule has 1 saturated carbocycles. The van der Waals surface area contributed by atoms with Gasteiger partial charge < -0.3 is 10.1 Å². The summed E-state index contributed by atoms with van der Waals surface area (Å²) in [6.07, 6.45) is 9.50. The summed E-state index contributed by atoms with van der Waals surface area (Å²) in [5.41, 5.74) is 0.0907. The van der Waals surface area contributed by atoms with Crippen molar-refractivity contribution in [2.75, 3.05) is 6.61 Å². The van der Waals surface area contributed by atoms with Gasteiger partial charge in [0.25, 0.3) is 0 Å². The fourth-order valence-corrected chi connectivity index (χ4v) is 3.76. The van der Waals surface area contributed by atoms with Gasteiger partial charge in [0.05, 0.1) is 11.6 Å². The van der Waals surface area contributed by atoms with Crippen LogP contribution in [0.3, 0.4) is 0 Å². The summed E-state index contributed by atoms with van der Waals surface area (Å²) in [6, 6.07) is 0.717. The van der Waals surface area contributed by atoms with Gasteiger partial charge in [-0.2, -0.15) is 0 Å². The van der Waals surface area contributed by atoms with E-state index in [4.69, 9.17) is 4.74 Å². The van der Waals surface area contributed by atoms with E-state index >= 15 is 0 Å². The van der Waals surface area contributed by atoms with E-state index in [0.717, 1.165) is 19.4 Å². The fraction of sp³-hybridized carbons (Fsp3) is 0.786. The predicted molar refractivity (Wildman–Crippen MR) is 73.8 cm³/mol. The third kappa shape index (κ3) is 2.60. The standard InChI is InChI=1S/C14H22N2OS/c1-2-3-12-10-14(6-8-17-12,16-11-4-5-11)13-15-7-9-18-13/h7,9,11-12,16H,2-6,8,10H2,1H3. The van der Waals surface area contributed by atoms with Crippen molar-refractivity contribution in [1.29, 1.82) is 0 Å². The van der Waals surface area contributed by atoms with Crippen LogP contribution in [-0.2, 0) is 10.3 Å². The van der Waals surface area contributed by atoms with Crippen molar-refractivity contribution in [2.45, 2.75) is 63.1 Å². The van der Waals surface area contributed by atoms with Crippen LogP contribution in [0, 0.1) is 0 Å². The first-order valence-electron chi connectivity index (χ1n) is 7.12. The third-order valence-electron chi connectivity index (χ3n) is 3.97. The Morgan fingerprint density at radius 1 is 1.56 bits per heavy atom. The van der Waals surface area contributed by atoms with Crippen molar-refractivity contribution in [1.82, 2.24) is 10.3 Å². The smallest absolute Gasteiger partial charge is 0.113 e. The van der Waals surface area contributed by atoms with Gasteiger partial charge in [-0.15, -0.1) is 11.3 Å². The van der Waals surface area contributed by atoms with E-state index in [1.165, 1.54) is 30.7 Å². The second-order valence-corrected chi connectivity index (χ2v) is 6.47. The van der Waals surface area contributed by atoms with Crippen LogP contribution in [0.5, 0.6) is 0 Å². The Kier molecular flexibility index (Phi) is 3.68. The van der Waals surface area contributed by atoms with Gasteiger partial charge in [-0.3, -0.25) is 0 Å². The van der Waals surface area contributed by atoms with Gasteiger partial charge in [0, 0.05) is 24.2 Å². The SMILES string of the molecule is CCCC1CC(NC2CC2)(c2nccs2)CCO1. The molecule has 1 aromatic rings. The van der Waals surface area contributed by atoms with Gasteiger partial charge in [0.1, 0.15) is 5.01 Å². The molecule has 2 aliphatic rings. The second kappa shape index (κ2) is 5.27. The number of hydrogen-bond acceptors (Lipinski definition) is 4. The maximum absolute atomic E-state index is 5.91. The summed E-state index contributed by atoms with van der Waals surface area (Å²) < 4.78 is 5.91. The Bertz CT molecular complexity index is 375. The lowest BCUT2D eigenvalue weighted by Gasteiger charge is -2.40. The van der Waals surface area contributed by atoms with Gasteiger partial charge in [-0.25, -0.2) is 4.98 Å². The van der Waals surface area contributed by atoms with Crippen LogP contribution >= 0.6 is 11.3 Å². The second-order valence-electron chi connectivity index (χ2n) is 5.57. The molecule has 100 valence electrons. The molecule has 2 atom stereocenters. The number of ether oxygens (including phenoxy) is 1. The third-order valence-corrected chi connectivity index (χ3v) is 4.95. The van der Waals surface area contributed by atoms with Crippen LogP contribution in [0.4, 0.5) is 0 Å². The lowest BCUT2D eigenvalue weighted by atomic mass is 9.85. The normalized spacial score (nSPS) is 32.6. The van der Waals surface area contributed by atoms with Crippen LogP contribution in [0.25, 0.3) is 0 Å². The molecule has 1 aliphatic carbocycles. The minimum absolute atomic E-state index is 0.0907. The van der Waals surface area contributed by atoms with Crippen LogP contribution in [0.15, 0.2) is 11.6 Å². The Balaban J connectivity index is 1.79. The predicted octanol–water partition coefficient (Wildman–Crippen LogP) is 3.07. The van der Waals surface area contributed by atoms with Crippen LogP contribution in [-0.4, -0.2) is 23.7 Å². The van der Waals surface area contributed by atoms with E-state index in [9.17, 15) is 0 Å². The van der Waals surface area contributed by atoms with Gasteiger partial charge in [0.15, 0.2) is 0 Å². The van der Waals surface area contributed by atoms with Gasteiger partial charge in [-0.05, 0) is 32.1 Å². The molecule has 1 aromatic heterocycles. The molecular weight excluding hydrogens is 244 g/mol. The Morgan fingerprint density at radius 2 is 2.44 bits per heavy atom. The lowest BCUT2D eigenvalue weighted by Crippen LogP contribution is -2.50. The van der Waals surface area contributed by atoms with Crippen LogP contribution in [0.1, 0.15) is 50.5 Å². The molecule has 1 N–H and O–H groups in total. The number of aromatic nitrogens is 1. The zero-order valence-corrected chi connectivity index (χ0v) is 11.8. The average Bonchev–Trinajstić information content (AvgIpc) is 3.00. The summed E-state index contributed by atoms with van der Waals surface area (Å²) >= 11 is 1.79. The van der Waals surface area contributed by atoms with Crippen molar-refractivity contribution >= 4 is 11.3 Å². The highest BCUT2D eigenvalue weighted by Gasteiger charge is 2.43. The molecule has 3 nitrogen and oxygen atoms in total. The number of thiazole rings is 1. The molecular formula is C14H22N2OS. The van der Waals surface area contributed by atoms with E-state index in [2.05, 4.69) is 22.6 Å². The topological polar surface area (TPSA) is 34.2 Å². The van der Waals surface area contributed by atoms with E-state index in [1.54, 1.807) is 11.3 Å². The molecule has 2 fully saturated rings. The molecule has 18 heavy (non-hydrogen) atoms. The number of hydrogen-bond donors (Lipinski definition) is 1. The summed E-state index contributed by atoms with van der Waals surface area (Å²) in [4.78, 5) is 4.59. The van der Waals surface area contributed by atoms with E-state index < -0.39 is 0 Å². The molecule has 2 unspecified atom stereocenters. The van der Waals surface area contributed by atoms with Crippen molar-refractivity contribution in [3.63, 3.8) is 0 Å². The molecule has 1 saturated heterocycles. The Hall–Kier alpha value is -0.450. The molecule has 0 radical (unpaired) electrons. The summed E-state index contributed by atoms with van der Waals surface area (Å²) in [5.74, 6) is 0. The van der Waals surface area contributed by atoms with Crippen molar-refractivity contribution in [2.24, 2.45) is 0 Å². The molecule has 0 bridgehead atoms. The lowest BCUT2D eigenvalue weighted by molar-refractivity contribution is -0.0356. The fourth-order valence-electron chi connectivity index (χ4n) is 2.92. The molecule has 1 aliphatic heterocycles. The summed E-state index contributed by atoms with van der Waals surface area (Å²) in [6.45, 7) is 3.10. The Labute approximate surface area is 113 Å². The molecule has 0 spiro atoms. The van der Waals surface area contributed by atoms with Gasteiger partial charge in [0.2, 0.25) is 0 Å². The van der Waals surface area contributed by atoms with Gasteiger partial charge >= 0.3 is 0 Å². The average molecular weight is 266 g/mol. The first-order chi connectivity index (χ1) is 8.82. The molecule has 0 amide bonds. The van der Waals surface area contributed by atoms with Crippen LogP contribution < -0.4 is 5.32 Å². The zero-order chi connectivity index (χ0) is 12.4. The molecule has 3 rings (SSSR count). The van der Waals surface area contributed by atoms with E-state index in [1.807, 2.05) is 6.20 Å². The first kappa shape index (κ1) is 12.6. The highest BCUT2D eigenvalue weighted by molar-refractivity contribution is 7.09. The summed E-state index contributed by atoms with van der Waals surface area (Å²) in [5, 5.41) is 7.22. The summed E-state index contributed by atoms with van der Waals surface area (Å²) in [7, 11) is 0. The van der Waals surface area contributed by atoms with E-state index in [0.29, 0.717) is 12.1 Å². The molecule has 4 heteroatoms. The quantitative estimate of drug-likeness (QED) is 0.889. The monoisotopic (exact) mass is 266 g/mol. The highest BCUT2D eigenvalue weighted by atomic mass is 32.1. The van der Waals surface area contributed by atoms with E-state index in [-0.39, 0.29) is 5.54 Å². The number of rotatable bonds is 5. The molecule has 0 aromatic carbocycles. The van der Waals surface area contributed by atoms with Crippen LogP contribution in [0.2, 0.25) is 0 Å². The number of nitrogens with one attached hydrogen (secondary N) is 1. The minimum atomic E-state index is 0.0907. The first-order valence-corrected chi connectivity index (χ1v) is 7.99. The van der Waals surface area contributed by atoms with Crippen molar-refractivity contribution in [3.8, 4) is 0 Å². The minimum Gasteiger partial charge on any atom is -0.378 e. The van der Waals surface area contributed by atoms with Gasteiger partial charge in [-0.1, -0.05) is 13.3 Å². The zero-order valence-electron chi connectivity index (χ0n) is 11.0. The number of nitrogens with zero attached hydrogens (tertiary/aromatic N) is 1. The molecule has 2 heterocycles. The van der Waals surface area contributed by atoms with Crippen molar-refractivity contribution < 1.29 is 4.74 Å². The highest BCUT2D eigenvalue weighted by Crippen LogP contribution is 2.39. The maximum Gasteiger partial charge on any atom is 0.113 e. The maximum atomic E-state index is 5.91. The largest absolute Gasteiger partial charge is 0.378 e. The van der Waals surface area contributed by atoms with Crippen molar-refractivity contribution in [3.05, 3.63) is 16.6 Å². The Morgan fingerprint density at radius 3 is 3.11 bits per heavy atom.